The SMILES string of the molecule is C1CCC2(CC1)CCC(COCC1CCCN1)O2. The molecule has 3 heteroatoms. The van der Waals surface area contributed by atoms with Gasteiger partial charge in [-0.25, -0.2) is 0 Å². The van der Waals surface area contributed by atoms with Gasteiger partial charge in [-0.05, 0) is 45.1 Å². The molecule has 3 nitrogen and oxygen atoms in total. The lowest BCUT2D eigenvalue weighted by Gasteiger charge is -2.33. The smallest absolute Gasteiger partial charge is 0.0817 e. The van der Waals surface area contributed by atoms with Gasteiger partial charge in [0.1, 0.15) is 0 Å². The minimum Gasteiger partial charge on any atom is -0.377 e. The highest BCUT2D eigenvalue weighted by Gasteiger charge is 2.40. The molecule has 1 saturated carbocycles. The topological polar surface area (TPSA) is 30.5 Å². The molecule has 1 spiro atoms. The van der Waals surface area contributed by atoms with Crippen LogP contribution in [0.4, 0.5) is 0 Å². The van der Waals surface area contributed by atoms with Gasteiger partial charge in [0.05, 0.1) is 24.9 Å². The molecule has 0 bridgehead atoms. The van der Waals surface area contributed by atoms with Crippen LogP contribution in [-0.2, 0) is 9.47 Å². The summed E-state index contributed by atoms with van der Waals surface area (Å²) in [5.74, 6) is 0. The number of rotatable bonds is 4. The van der Waals surface area contributed by atoms with Crippen molar-refractivity contribution in [2.24, 2.45) is 0 Å². The van der Waals surface area contributed by atoms with E-state index in [0.717, 1.165) is 19.8 Å². The third-order valence-electron chi connectivity index (χ3n) is 4.89. The molecule has 1 N–H and O–H groups in total. The van der Waals surface area contributed by atoms with Crippen LogP contribution in [0.25, 0.3) is 0 Å². The van der Waals surface area contributed by atoms with Crippen LogP contribution in [0.3, 0.4) is 0 Å². The lowest BCUT2D eigenvalue weighted by molar-refractivity contribution is -0.0890. The van der Waals surface area contributed by atoms with Crippen molar-refractivity contribution in [3.63, 3.8) is 0 Å². The molecule has 104 valence electrons. The molecular formula is C15H27NO2. The van der Waals surface area contributed by atoms with Gasteiger partial charge < -0.3 is 14.8 Å². The van der Waals surface area contributed by atoms with Gasteiger partial charge in [-0.2, -0.15) is 0 Å². The first kappa shape index (κ1) is 12.9. The molecule has 2 aliphatic heterocycles. The molecule has 2 atom stereocenters. The summed E-state index contributed by atoms with van der Waals surface area (Å²) in [6, 6.07) is 0.593. The maximum absolute atomic E-state index is 6.31. The molecule has 0 aromatic rings. The summed E-state index contributed by atoms with van der Waals surface area (Å²) in [6.45, 7) is 2.84. The van der Waals surface area contributed by atoms with Crippen LogP contribution in [0.2, 0.25) is 0 Å². The van der Waals surface area contributed by atoms with Crippen molar-refractivity contribution >= 4 is 0 Å². The van der Waals surface area contributed by atoms with Crippen LogP contribution in [0, 0.1) is 0 Å². The van der Waals surface area contributed by atoms with Crippen LogP contribution in [-0.4, -0.2) is 37.5 Å². The Morgan fingerprint density at radius 1 is 1.00 bits per heavy atom. The Hall–Kier alpha value is -0.120. The summed E-state index contributed by atoms with van der Waals surface area (Å²) in [4.78, 5) is 0. The Morgan fingerprint density at radius 3 is 2.67 bits per heavy atom. The van der Waals surface area contributed by atoms with Gasteiger partial charge in [-0.15, -0.1) is 0 Å². The molecule has 0 aromatic carbocycles. The molecule has 18 heavy (non-hydrogen) atoms. The Morgan fingerprint density at radius 2 is 1.89 bits per heavy atom. The molecule has 0 amide bonds. The van der Waals surface area contributed by atoms with Crippen LogP contribution in [0.15, 0.2) is 0 Å². The zero-order chi connectivity index (χ0) is 12.3. The number of hydrogen-bond acceptors (Lipinski definition) is 3. The Labute approximate surface area is 111 Å². The number of hydrogen-bond donors (Lipinski definition) is 1. The van der Waals surface area contributed by atoms with E-state index in [0.29, 0.717) is 12.1 Å². The van der Waals surface area contributed by atoms with Crippen LogP contribution in [0.5, 0.6) is 0 Å². The first-order valence-corrected chi connectivity index (χ1v) is 7.85. The lowest BCUT2D eigenvalue weighted by atomic mass is 9.83. The van der Waals surface area contributed by atoms with Crippen molar-refractivity contribution in [3.8, 4) is 0 Å². The summed E-state index contributed by atoms with van der Waals surface area (Å²) in [6.07, 6.45) is 12.1. The Bertz CT molecular complexity index is 257. The van der Waals surface area contributed by atoms with Gasteiger partial charge >= 0.3 is 0 Å². The van der Waals surface area contributed by atoms with Crippen molar-refractivity contribution in [2.45, 2.75) is 75.5 Å². The van der Waals surface area contributed by atoms with E-state index in [4.69, 9.17) is 9.47 Å². The summed E-state index contributed by atoms with van der Waals surface area (Å²) >= 11 is 0. The minimum atomic E-state index is 0.248. The maximum Gasteiger partial charge on any atom is 0.0817 e. The fourth-order valence-electron chi connectivity index (χ4n) is 3.82. The van der Waals surface area contributed by atoms with E-state index >= 15 is 0 Å². The average Bonchev–Trinajstić information content (AvgIpc) is 3.02. The highest BCUT2D eigenvalue weighted by molar-refractivity contribution is 4.91. The van der Waals surface area contributed by atoms with Crippen LogP contribution in [0.1, 0.15) is 57.8 Å². The zero-order valence-electron chi connectivity index (χ0n) is 11.5. The van der Waals surface area contributed by atoms with Gasteiger partial charge in [0.15, 0.2) is 0 Å². The number of nitrogens with one attached hydrogen (secondary N) is 1. The molecule has 2 unspecified atom stereocenters. The minimum absolute atomic E-state index is 0.248. The second-order valence-electron chi connectivity index (χ2n) is 6.35. The summed E-state index contributed by atoms with van der Waals surface area (Å²) in [5.41, 5.74) is 0.248. The third kappa shape index (κ3) is 3.06. The molecule has 3 fully saturated rings. The first-order chi connectivity index (χ1) is 8.86. The van der Waals surface area contributed by atoms with E-state index < -0.39 is 0 Å². The van der Waals surface area contributed by atoms with Crippen molar-refractivity contribution < 1.29 is 9.47 Å². The average molecular weight is 253 g/mol. The highest BCUT2D eigenvalue weighted by atomic mass is 16.6. The fraction of sp³-hybridized carbons (Fsp3) is 1.00. The molecule has 1 aliphatic carbocycles. The van der Waals surface area contributed by atoms with E-state index in [-0.39, 0.29) is 5.60 Å². The van der Waals surface area contributed by atoms with Crippen molar-refractivity contribution in [2.75, 3.05) is 19.8 Å². The van der Waals surface area contributed by atoms with E-state index in [1.54, 1.807) is 0 Å². The Balaban J connectivity index is 1.36. The fourth-order valence-corrected chi connectivity index (χ4v) is 3.82. The lowest BCUT2D eigenvalue weighted by Crippen LogP contribution is -2.33. The monoisotopic (exact) mass is 253 g/mol. The van der Waals surface area contributed by atoms with Gasteiger partial charge in [-0.1, -0.05) is 19.3 Å². The molecule has 0 aromatic heterocycles. The Kier molecular flexibility index (Phi) is 4.22. The quantitative estimate of drug-likeness (QED) is 0.835. The van der Waals surface area contributed by atoms with Crippen LogP contribution < -0.4 is 5.32 Å². The van der Waals surface area contributed by atoms with E-state index in [1.807, 2.05) is 0 Å². The molecule has 2 heterocycles. The summed E-state index contributed by atoms with van der Waals surface area (Å²) < 4.78 is 12.2. The predicted octanol–water partition coefficient (Wildman–Crippen LogP) is 2.64. The normalized spacial score (nSPS) is 35.3. The standard InChI is InChI=1S/C15H27NO2/c1-2-7-15(8-3-1)9-6-14(18-15)12-17-11-13-5-4-10-16-13/h13-14,16H,1-12H2. The van der Waals surface area contributed by atoms with Gasteiger partial charge in [-0.3, -0.25) is 0 Å². The van der Waals surface area contributed by atoms with Crippen molar-refractivity contribution in [1.29, 1.82) is 0 Å². The second kappa shape index (κ2) is 5.89. The van der Waals surface area contributed by atoms with E-state index in [9.17, 15) is 0 Å². The zero-order valence-corrected chi connectivity index (χ0v) is 11.5. The largest absolute Gasteiger partial charge is 0.377 e. The summed E-state index contributed by atoms with van der Waals surface area (Å²) in [5, 5.41) is 3.47. The molecule has 0 radical (unpaired) electrons. The molecule has 3 aliphatic rings. The molecule has 2 saturated heterocycles. The van der Waals surface area contributed by atoms with Gasteiger partial charge in [0, 0.05) is 6.04 Å². The third-order valence-corrected chi connectivity index (χ3v) is 4.89. The van der Waals surface area contributed by atoms with Crippen LogP contribution >= 0.6 is 0 Å². The second-order valence-corrected chi connectivity index (χ2v) is 6.35. The van der Waals surface area contributed by atoms with Gasteiger partial charge in [0.2, 0.25) is 0 Å². The maximum atomic E-state index is 6.31. The first-order valence-electron chi connectivity index (χ1n) is 7.85. The molecular weight excluding hydrogens is 226 g/mol. The van der Waals surface area contributed by atoms with Crippen molar-refractivity contribution in [1.82, 2.24) is 5.32 Å². The van der Waals surface area contributed by atoms with E-state index in [1.165, 1.54) is 57.8 Å². The van der Waals surface area contributed by atoms with Crippen molar-refractivity contribution in [3.05, 3.63) is 0 Å². The summed E-state index contributed by atoms with van der Waals surface area (Å²) in [7, 11) is 0. The number of ether oxygens (including phenoxy) is 2. The molecule has 3 rings (SSSR count). The predicted molar refractivity (Wildman–Crippen MR) is 71.8 cm³/mol. The van der Waals surface area contributed by atoms with E-state index in [2.05, 4.69) is 5.32 Å². The van der Waals surface area contributed by atoms with Gasteiger partial charge in [0.25, 0.3) is 0 Å². The highest BCUT2D eigenvalue weighted by Crippen LogP contribution is 2.41.